The fraction of sp³-hybridized carbons (Fsp3) is 0.467. The van der Waals surface area contributed by atoms with Gasteiger partial charge in [-0.15, -0.1) is 0 Å². The van der Waals surface area contributed by atoms with Crippen LogP contribution in [0.4, 0.5) is 14.5 Å². The number of hydrogen-bond acceptors (Lipinski definition) is 3. The first-order valence-corrected chi connectivity index (χ1v) is 7.14. The molecule has 2 aliphatic heterocycles. The summed E-state index contributed by atoms with van der Waals surface area (Å²) < 4.78 is 28.6. The van der Waals surface area contributed by atoms with Gasteiger partial charge in [0.1, 0.15) is 11.6 Å². The van der Waals surface area contributed by atoms with Crippen LogP contribution in [-0.2, 0) is 9.59 Å². The third-order valence-corrected chi connectivity index (χ3v) is 4.12. The molecular weight excluding hydrogens is 278 g/mol. The Labute approximate surface area is 121 Å². The molecule has 0 spiro atoms. The number of hydrogen-bond donors (Lipinski definition) is 1. The Morgan fingerprint density at radius 1 is 1.10 bits per heavy atom. The Balaban J connectivity index is 1.92. The van der Waals surface area contributed by atoms with Crippen molar-refractivity contribution >= 4 is 17.5 Å². The second-order valence-corrected chi connectivity index (χ2v) is 5.52. The zero-order chi connectivity index (χ0) is 15.0. The summed E-state index contributed by atoms with van der Waals surface area (Å²) in [4.78, 5) is 24.8. The average Bonchev–Trinajstić information content (AvgIpc) is 2.94. The van der Waals surface area contributed by atoms with E-state index in [0.29, 0.717) is 5.69 Å². The molecule has 0 radical (unpaired) electrons. The van der Waals surface area contributed by atoms with Gasteiger partial charge in [0.15, 0.2) is 0 Å². The van der Waals surface area contributed by atoms with Crippen molar-refractivity contribution in [3.8, 4) is 0 Å². The van der Waals surface area contributed by atoms with Crippen LogP contribution in [0.3, 0.4) is 0 Å². The summed E-state index contributed by atoms with van der Waals surface area (Å²) in [6.45, 7) is 1.58. The smallest absolute Gasteiger partial charge is 0.234 e. The lowest BCUT2D eigenvalue weighted by atomic mass is 9.89. The summed E-state index contributed by atoms with van der Waals surface area (Å²) in [5.74, 6) is -3.39. The van der Waals surface area contributed by atoms with E-state index in [0.717, 1.165) is 25.9 Å². The van der Waals surface area contributed by atoms with Gasteiger partial charge in [-0.1, -0.05) is 0 Å². The molecule has 6 heteroatoms. The SMILES string of the molecule is O=C1CC[C@H](c2c(F)cc(N3CCCC3)cc2F)C(=O)N1. The lowest BCUT2D eigenvalue weighted by Gasteiger charge is -2.24. The van der Waals surface area contributed by atoms with E-state index in [4.69, 9.17) is 0 Å². The van der Waals surface area contributed by atoms with E-state index in [1.54, 1.807) is 0 Å². The molecule has 0 aromatic heterocycles. The van der Waals surface area contributed by atoms with Crippen LogP contribution in [0.25, 0.3) is 0 Å². The molecule has 3 rings (SSSR count). The highest BCUT2D eigenvalue weighted by atomic mass is 19.1. The number of benzene rings is 1. The number of nitrogens with zero attached hydrogens (tertiary/aromatic N) is 1. The first-order valence-electron chi connectivity index (χ1n) is 7.14. The highest BCUT2D eigenvalue weighted by molar-refractivity contribution is 6.01. The van der Waals surface area contributed by atoms with Crippen molar-refractivity contribution in [2.24, 2.45) is 0 Å². The number of amides is 2. The highest BCUT2D eigenvalue weighted by Gasteiger charge is 2.32. The fourth-order valence-corrected chi connectivity index (χ4v) is 3.03. The molecule has 0 saturated carbocycles. The second kappa shape index (κ2) is 5.42. The van der Waals surface area contributed by atoms with Crippen molar-refractivity contribution in [1.29, 1.82) is 0 Å². The monoisotopic (exact) mass is 294 g/mol. The third-order valence-electron chi connectivity index (χ3n) is 4.12. The van der Waals surface area contributed by atoms with E-state index in [2.05, 4.69) is 5.32 Å². The number of anilines is 1. The van der Waals surface area contributed by atoms with Crippen LogP contribution in [0.2, 0.25) is 0 Å². The highest BCUT2D eigenvalue weighted by Crippen LogP contribution is 2.32. The topological polar surface area (TPSA) is 49.4 Å². The number of carbonyl (C=O) groups is 2. The summed E-state index contributed by atoms with van der Waals surface area (Å²) in [6, 6.07) is 2.57. The average molecular weight is 294 g/mol. The second-order valence-electron chi connectivity index (χ2n) is 5.52. The van der Waals surface area contributed by atoms with Gasteiger partial charge in [-0.3, -0.25) is 14.9 Å². The van der Waals surface area contributed by atoms with E-state index in [-0.39, 0.29) is 18.4 Å². The van der Waals surface area contributed by atoms with Gasteiger partial charge in [0.25, 0.3) is 0 Å². The van der Waals surface area contributed by atoms with Gasteiger partial charge >= 0.3 is 0 Å². The van der Waals surface area contributed by atoms with Crippen LogP contribution < -0.4 is 10.2 Å². The Bertz CT molecular complexity index is 574. The van der Waals surface area contributed by atoms with Crippen LogP contribution in [0.5, 0.6) is 0 Å². The third kappa shape index (κ3) is 2.62. The molecule has 2 heterocycles. The summed E-state index contributed by atoms with van der Waals surface area (Å²) in [7, 11) is 0. The van der Waals surface area contributed by atoms with Gasteiger partial charge in [-0.05, 0) is 31.4 Å². The molecule has 2 amide bonds. The number of halogens is 2. The number of imide groups is 1. The predicted octanol–water partition coefficient (Wildman–Crippen LogP) is 2.09. The number of carbonyl (C=O) groups excluding carboxylic acids is 2. The van der Waals surface area contributed by atoms with Gasteiger partial charge in [-0.25, -0.2) is 8.78 Å². The molecule has 0 unspecified atom stereocenters. The molecule has 1 aromatic rings. The van der Waals surface area contributed by atoms with E-state index in [9.17, 15) is 18.4 Å². The van der Waals surface area contributed by atoms with E-state index in [1.165, 1.54) is 12.1 Å². The van der Waals surface area contributed by atoms with Crippen LogP contribution in [0.1, 0.15) is 37.2 Å². The van der Waals surface area contributed by atoms with Gasteiger partial charge in [0.2, 0.25) is 11.8 Å². The Morgan fingerprint density at radius 2 is 1.71 bits per heavy atom. The lowest BCUT2D eigenvalue weighted by Crippen LogP contribution is -2.40. The van der Waals surface area contributed by atoms with Crippen molar-refractivity contribution in [3.05, 3.63) is 29.3 Å². The van der Waals surface area contributed by atoms with Gasteiger partial charge < -0.3 is 4.90 Å². The lowest BCUT2D eigenvalue weighted by molar-refractivity contribution is -0.134. The van der Waals surface area contributed by atoms with E-state index >= 15 is 0 Å². The largest absolute Gasteiger partial charge is 0.371 e. The number of nitrogens with one attached hydrogen (secondary N) is 1. The Kier molecular flexibility index (Phi) is 3.61. The molecule has 112 valence electrons. The number of piperidine rings is 1. The normalized spacial score (nSPS) is 22.6. The molecule has 1 aromatic carbocycles. The molecule has 21 heavy (non-hydrogen) atoms. The molecular formula is C15H16F2N2O2. The molecule has 4 nitrogen and oxygen atoms in total. The Hall–Kier alpha value is -1.98. The molecule has 2 fully saturated rings. The summed E-state index contributed by atoms with van der Waals surface area (Å²) in [6.07, 6.45) is 2.26. The van der Waals surface area contributed by atoms with Crippen LogP contribution in [-0.4, -0.2) is 24.9 Å². The maximum atomic E-state index is 14.3. The summed E-state index contributed by atoms with van der Waals surface area (Å²) in [5.41, 5.74) is 0.279. The van der Waals surface area contributed by atoms with Crippen molar-refractivity contribution in [2.75, 3.05) is 18.0 Å². The molecule has 0 bridgehead atoms. The first-order chi connectivity index (χ1) is 10.1. The first kappa shape index (κ1) is 14.0. The molecule has 2 saturated heterocycles. The molecule has 1 atom stereocenters. The maximum absolute atomic E-state index is 14.3. The standard InChI is InChI=1S/C15H16F2N2O2/c16-11-7-9(19-5-1-2-6-19)8-12(17)14(11)10-3-4-13(20)18-15(10)21/h7-8,10H,1-6H2,(H,18,20,21)/t10-/m1/s1. The molecule has 0 aliphatic carbocycles. The van der Waals surface area contributed by atoms with Crippen molar-refractivity contribution in [1.82, 2.24) is 5.32 Å². The molecule has 1 N–H and O–H groups in total. The fourth-order valence-electron chi connectivity index (χ4n) is 3.03. The minimum atomic E-state index is -0.935. The van der Waals surface area contributed by atoms with Crippen LogP contribution in [0, 0.1) is 11.6 Å². The van der Waals surface area contributed by atoms with E-state index < -0.39 is 29.4 Å². The van der Waals surface area contributed by atoms with Gasteiger partial charge in [0, 0.05) is 30.8 Å². The minimum Gasteiger partial charge on any atom is -0.371 e. The van der Waals surface area contributed by atoms with Crippen molar-refractivity contribution < 1.29 is 18.4 Å². The van der Waals surface area contributed by atoms with Crippen LogP contribution >= 0.6 is 0 Å². The zero-order valence-corrected chi connectivity index (χ0v) is 11.5. The van der Waals surface area contributed by atoms with Gasteiger partial charge in [0.05, 0.1) is 5.92 Å². The minimum absolute atomic E-state index is 0.100. The zero-order valence-electron chi connectivity index (χ0n) is 11.5. The quantitative estimate of drug-likeness (QED) is 0.850. The summed E-state index contributed by atoms with van der Waals surface area (Å²) >= 11 is 0. The van der Waals surface area contributed by atoms with Crippen molar-refractivity contribution in [3.63, 3.8) is 0 Å². The van der Waals surface area contributed by atoms with E-state index in [1.807, 2.05) is 4.90 Å². The van der Waals surface area contributed by atoms with Crippen molar-refractivity contribution in [2.45, 2.75) is 31.6 Å². The molecule has 2 aliphatic rings. The maximum Gasteiger partial charge on any atom is 0.234 e. The Morgan fingerprint density at radius 3 is 2.29 bits per heavy atom. The predicted molar refractivity (Wildman–Crippen MR) is 72.9 cm³/mol. The number of rotatable bonds is 2. The van der Waals surface area contributed by atoms with Crippen LogP contribution in [0.15, 0.2) is 12.1 Å². The summed E-state index contributed by atoms with van der Waals surface area (Å²) in [5, 5.41) is 2.13. The van der Waals surface area contributed by atoms with Gasteiger partial charge in [-0.2, -0.15) is 0 Å².